The number of nitrogens with zero attached hydrogens (tertiary/aromatic N) is 2. The number of para-hydroxylation sites is 1. The van der Waals surface area contributed by atoms with Crippen LogP contribution in [0.4, 0.5) is 0 Å². The number of aromatic nitrogens is 2. The lowest BCUT2D eigenvalue weighted by Crippen LogP contribution is -1.99. The summed E-state index contributed by atoms with van der Waals surface area (Å²) >= 11 is 0. The highest BCUT2D eigenvalue weighted by Crippen LogP contribution is 2.31. The number of carboxylic acids is 1. The molecule has 0 saturated carbocycles. The van der Waals surface area contributed by atoms with E-state index in [2.05, 4.69) is 5.10 Å². The summed E-state index contributed by atoms with van der Waals surface area (Å²) in [5, 5.41) is 22.8. The molecule has 94 valence electrons. The molecule has 0 aliphatic carbocycles. The van der Waals surface area contributed by atoms with E-state index in [1.54, 1.807) is 36.1 Å². The third-order valence-corrected chi connectivity index (χ3v) is 2.68. The van der Waals surface area contributed by atoms with E-state index in [1.165, 1.54) is 0 Å². The second-order valence-corrected chi connectivity index (χ2v) is 4.07. The summed E-state index contributed by atoms with van der Waals surface area (Å²) in [4.78, 5) is 10.6. The predicted molar refractivity (Wildman–Crippen MR) is 66.3 cm³/mol. The van der Waals surface area contributed by atoms with Gasteiger partial charge < -0.3 is 10.2 Å². The van der Waals surface area contributed by atoms with Gasteiger partial charge in [-0.25, -0.2) is 0 Å². The normalized spacial score (nSPS) is 10.5. The van der Waals surface area contributed by atoms with E-state index < -0.39 is 5.97 Å². The zero-order valence-electron chi connectivity index (χ0n) is 10.00. The first-order chi connectivity index (χ1) is 8.58. The lowest BCUT2D eigenvalue weighted by Gasteiger charge is -2.03. The second-order valence-electron chi connectivity index (χ2n) is 4.07. The van der Waals surface area contributed by atoms with Gasteiger partial charge in [0.05, 0.1) is 12.1 Å². The molecule has 2 rings (SSSR count). The summed E-state index contributed by atoms with van der Waals surface area (Å²) in [5.74, 6) is -0.689. The van der Waals surface area contributed by atoms with Gasteiger partial charge in [-0.3, -0.25) is 9.48 Å². The molecule has 5 heteroatoms. The van der Waals surface area contributed by atoms with Crippen LogP contribution in [0.3, 0.4) is 0 Å². The van der Waals surface area contributed by atoms with Gasteiger partial charge in [0, 0.05) is 30.8 Å². The standard InChI is InChI=1S/C13H14N2O3/c1-15-8-10(9-4-2-3-5-12(9)16)11(14-15)6-7-13(17)18/h2-5,8,16H,6-7H2,1H3,(H,17,18). The van der Waals surface area contributed by atoms with Gasteiger partial charge in [0.25, 0.3) is 0 Å². The SMILES string of the molecule is Cn1cc(-c2ccccc2O)c(CCC(=O)O)n1. The summed E-state index contributed by atoms with van der Waals surface area (Å²) in [6, 6.07) is 6.95. The average molecular weight is 246 g/mol. The van der Waals surface area contributed by atoms with Crippen molar-refractivity contribution in [3.05, 3.63) is 36.2 Å². The summed E-state index contributed by atoms with van der Waals surface area (Å²) in [7, 11) is 1.77. The smallest absolute Gasteiger partial charge is 0.303 e. The van der Waals surface area contributed by atoms with Crippen molar-refractivity contribution in [1.29, 1.82) is 0 Å². The molecule has 0 bridgehead atoms. The van der Waals surface area contributed by atoms with Crippen molar-refractivity contribution in [2.24, 2.45) is 7.05 Å². The minimum atomic E-state index is -0.858. The van der Waals surface area contributed by atoms with Crippen molar-refractivity contribution >= 4 is 5.97 Å². The number of aryl methyl sites for hydroxylation is 2. The van der Waals surface area contributed by atoms with Crippen molar-refractivity contribution in [3.8, 4) is 16.9 Å². The van der Waals surface area contributed by atoms with Crippen molar-refractivity contribution in [2.75, 3.05) is 0 Å². The van der Waals surface area contributed by atoms with Crippen LogP contribution in [0.25, 0.3) is 11.1 Å². The summed E-state index contributed by atoms with van der Waals surface area (Å²) < 4.78 is 1.62. The maximum Gasteiger partial charge on any atom is 0.303 e. The van der Waals surface area contributed by atoms with Crippen LogP contribution in [0, 0.1) is 0 Å². The number of aromatic hydroxyl groups is 1. The Balaban J connectivity index is 2.38. The molecule has 5 nitrogen and oxygen atoms in total. The number of phenols is 1. The van der Waals surface area contributed by atoms with Gasteiger partial charge in [-0.2, -0.15) is 5.10 Å². The number of carbonyl (C=O) groups is 1. The molecule has 18 heavy (non-hydrogen) atoms. The van der Waals surface area contributed by atoms with Crippen LogP contribution in [-0.2, 0) is 18.3 Å². The van der Waals surface area contributed by atoms with Gasteiger partial charge in [-0.05, 0) is 6.07 Å². The molecule has 0 saturated heterocycles. The Morgan fingerprint density at radius 2 is 2.06 bits per heavy atom. The number of carboxylic acid groups (broad SMARTS) is 1. The number of aliphatic carboxylic acids is 1. The second kappa shape index (κ2) is 4.91. The third kappa shape index (κ3) is 2.51. The quantitative estimate of drug-likeness (QED) is 0.862. The Bertz CT molecular complexity index is 575. The zero-order valence-corrected chi connectivity index (χ0v) is 10.00. The predicted octanol–water partition coefficient (Wildman–Crippen LogP) is 1.81. The van der Waals surface area contributed by atoms with Crippen molar-refractivity contribution in [3.63, 3.8) is 0 Å². The van der Waals surface area contributed by atoms with Crippen LogP contribution < -0.4 is 0 Å². The monoisotopic (exact) mass is 246 g/mol. The summed E-state index contributed by atoms with van der Waals surface area (Å²) in [6.45, 7) is 0. The van der Waals surface area contributed by atoms with Gasteiger partial charge in [0.15, 0.2) is 0 Å². The highest BCUT2D eigenvalue weighted by Gasteiger charge is 2.13. The first-order valence-electron chi connectivity index (χ1n) is 5.60. The molecular weight excluding hydrogens is 232 g/mol. The molecule has 0 radical (unpaired) electrons. The zero-order chi connectivity index (χ0) is 13.1. The van der Waals surface area contributed by atoms with Crippen molar-refractivity contribution in [2.45, 2.75) is 12.8 Å². The van der Waals surface area contributed by atoms with Crippen LogP contribution in [0.2, 0.25) is 0 Å². The number of benzene rings is 1. The highest BCUT2D eigenvalue weighted by atomic mass is 16.4. The number of rotatable bonds is 4. The summed E-state index contributed by atoms with van der Waals surface area (Å²) in [6.07, 6.45) is 2.16. The first-order valence-corrected chi connectivity index (χ1v) is 5.60. The molecule has 0 unspecified atom stereocenters. The van der Waals surface area contributed by atoms with Crippen LogP contribution in [0.15, 0.2) is 30.5 Å². The maximum absolute atomic E-state index is 10.6. The minimum Gasteiger partial charge on any atom is -0.507 e. The van der Waals surface area contributed by atoms with E-state index in [9.17, 15) is 9.90 Å². The maximum atomic E-state index is 10.6. The summed E-state index contributed by atoms with van der Waals surface area (Å²) in [5.41, 5.74) is 2.13. The molecule has 0 amide bonds. The molecule has 0 atom stereocenters. The fourth-order valence-corrected chi connectivity index (χ4v) is 1.87. The Kier molecular flexibility index (Phi) is 3.32. The Hall–Kier alpha value is -2.30. The van der Waals surface area contributed by atoms with E-state index in [0.717, 1.165) is 5.56 Å². The van der Waals surface area contributed by atoms with Crippen LogP contribution in [0.1, 0.15) is 12.1 Å². The molecular formula is C13H14N2O3. The average Bonchev–Trinajstić information content (AvgIpc) is 2.68. The van der Waals surface area contributed by atoms with E-state index in [-0.39, 0.29) is 12.2 Å². The number of hydrogen-bond acceptors (Lipinski definition) is 3. The van der Waals surface area contributed by atoms with E-state index in [0.29, 0.717) is 17.7 Å². The Morgan fingerprint density at radius 1 is 1.33 bits per heavy atom. The fourth-order valence-electron chi connectivity index (χ4n) is 1.87. The Morgan fingerprint density at radius 3 is 2.72 bits per heavy atom. The fraction of sp³-hybridized carbons (Fsp3) is 0.231. The van der Waals surface area contributed by atoms with E-state index in [4.69, 9.17) is 5.11 Å². The molecule has 0 spiro atoms. The van der Waals surface area contributed by atoms with Crippen molar-refractivity contribution in [1.82, 2.24) is 9.78 Å². The van der Waals surface area contributed by atoms with Gasteiger partial charge in [-0.1, -0.05) is 18.2 Å². The molecule has 1 aromatic heterocycles. The van der Waals surface area contributed by atoms with Gasteiger partial charge in [0.1, 0.15) is 5.75 Å². The number of hydrogen-bond donors (Lipinski definition) is 2. The molecule has 0 aliphatic heterocycles. The van der Waals surface area contributed by atoms with Gasteiger partial charge in [0.2, 0.25) is 0 Å². The van der Waals surface area contributed by atoms with E-state index >= 15 is 0 Å². The van der Waals surface area contributed by atoms with Crippen molar-refractivity contribution < 1.29 is 15.0 Å². The topological polar surface area (TPSA) is 75.4 Å². The van der Waals surface area contributed by atoms with Gasteiger partial charge >= 0.3 is 5.97 Å². The molecule has 0 aliphatic rings. The molecule has 0 fully saturated rings. The first kappa shape index (κ1) is 12.2. The largest absolute Gasteiger partial charge is 0.507 e. The number of phenolic OH excluding ortho intramolecular Hbond substituents is 1. The van der Waals surface area contributed by atoms with E-state index in [1.807, 2.05) is 6.07 Å². The van der Waals surface area contributed by atoms with Crippen LogP contribution in [-0.4, -0.2) is 26.0 Å². The molecule has 1 aromatic carbocycles. The van der Waals surface area contributed by atoms with Gasteiger partial charge in [-0.15, -0.1) is 0 Å². The molecule has 1 heterocycles. The molecule has 2 aromatic rings. The lowest BCUT2D eigenvalue weighted by molar-refractivity contribution is -0.136. The minimum absolute atomic E-state index is 0.0254. The Labute approximate surface area is 104 Å². The third-order valence-electron chi connectivity index (χ3n) is 2.68. The molecule has 2 N–H and O–H groups in total. The van der Waals surface area contributed by atoms with Crippen LogP contribution >= 0.6 is 0 Å². The lowest BCUT2D eigenvalue weighted by atomic mass is 10.0. The highest BCUT2D eigenvalue weighted by molar-refractivity contribution is 5.72. The van der Waals surface area contributed by atoms with Crippen LogP contribution in [0.5, 0.6) is 5.75 Å².